The average molecular weight is 577 g/mol. The molecule has 0 spiro atoms. The summed E-state index contributed by atoms with van der Waals surface area (Å²) in [6.07, 6.45) is -7.09. The van der Waals surface area contributed by atoms with E-state index in [0.717, 1.165) is 28.6 Å². The maximum atomic E-state index is 13.5. The first kappa shape index (κ1) is 29.8. The minimum atomic E-state index is -4.83. The number of nitrogens with one attached hydrogen (secondary N) is 3. The lowest BCUT2D eigenvalue weighted by molar-refractivity contribution is -0.242. The Hall–Kier alpha value is -3.75. The summed E-state index contributed by atoms with van der Waals surface area (Å²) in [4.78, 5) is 23.9. The van der Waals surface area contributed by atoms with Crippen molar-refractivity contribution in [2.45, 2.75) is 56.5 Å². The Bertz CT molecular complexity index is 1320. The number of benzene rings is 2. The molecule has 3 rings (SSSR count). The number of hydrogen-bond acceptors (Lipinski definition) is 6. The minimum absolute atomic E-state index is 0.0462. The van der Waals surface area contributed by atoms with Gasteiger partial charge in [-0.25, -0.2) is 22.4 Å². The van der Waals surface area contributed by atoms with Crippen LogP contribution in [0.25, 0.3) is 0 Å². The van der Waals surface area contributed by atoms with E-state index in [1.807, 2.05) is 0 Å². The van der Waals surface area contributed by atoms with E-state index < -0.39 is 45.8 Å². The van der Waals surface area contributed by atoms with Gasteiger partial charge in [0.25, 0.3) is 10.0 Å². The second-order valence-electron chi connectivity index (χ2n) is 9.44. The summed E-state index contributed by atoms with van der Waals surface area (Å²) >= 11 is 0. The molecule has 0 saturated heterocycles. The monoisotopic (exact) mass is 576 g/mol. The van der Waals surface area contributed by atoms with E-state index in [2.05, 4.69) is 20.7 Å². The summed E-state index contributed by atoms with van der Waals surface area (Å²) in [5.74, 6) is -0.598. The second kappa shape index (κ2) is 11.2. The number of halogens is 4. The first-order valence-corrected chi connectivity index (χ1v) is 13.1. The van der Waals surface area contributed by atoms with Crippen LogP contribution in [0.1, 0.15) is 27.7 Å². The maximum absolute atomic E-state index is 13.5. The molecule has 10 nitrogen and oxygen atoms in total. The summed E-state index contributed by atoms with van der Waals surface area (Å²) in [5.41, 5.74) is -2.91. The standard InChI is InChI=1S/C24H28F4N4O6S/c1-14(2)30-21(33)29-12-17-13-32(39(35,36)18-8-5-15(25)6-9-18)19-11-16(7-10-20(19)37-17)31-22(34)38-23(3,4)24(26,27)28/h5-11,14,17H,12-13H2,1-4H3,(H,31,34)(H2,29,30,33)/t17-/m0/s1. The van der Waals surface area contributed by atoms with Gasteiger partial charge in [0.15, 0.2) is 0 Å². The van der Waals surface area contributed by atoms with Crippen molar-refractivity contribution in [1.82, 2.24) is 10.6 Å². The van der Waals surface area contributed by atoms with E-state index in [1.54, 1.807) is 13.8 Å². The van der Waals surface area contributed by atoms with Crippen molar-refractivity contribution >= 4 is 33.5 Å². The number of amides is 3. The third-order valence-electron chi connectivity index (χ3n) is 5.48. The highest BCUT2D eigenvalue weighted by atomic mass is 32.2. The van der Waals surface area contributed by atoms with Gasteiger partial charge in [0, 0.05) is 11.7 Å². The maximum Gasteiger partial charge on any atom is 0.427 e. The number of urea groups is 1. The van der Waals surface area contributed by atoms with Crippen LogP contribution in [-0.4, -0.2) is 57.6 Å². The summed E-state index contributed by atoms with van der Waals surface area (Å²) in [5, 5.41) is 7.38. The molecule has 0 radical (unpaired) electrons. The minimum Gasteiger partial charge on any atom is -0.484 e. The number of ether oxygens (including phenoxy) is 2. The van der Waals surface area contributed by atoms with Gasteiger partial charge in [0.2, 0.25) is 5.60 Å². The lowest BCUT2D eigenvalue weighted by Crippen LogP contribution is -2.50. The van der Waals surface area contributed by atoms with Crippen LogP contribution in [0.3, 0.4) is 0 Å². The molecule has 39 heavy (non-hydrogen) atoms. The number of fused-ring (bicyclic) bond motifs is 1. The number of sulfonamides is 1. The number of anilines is 2. The summed E-state index contributed by atoms with van der Waals surface area (Å²) < 4.78 is 91.1. The molecule has 1 aliphatic rings. The van der Waals surface area contributed by atoms with Crippen LogP contribution in [0.4, 0.5) is 38.5 Å². The van der Waals surface area contributed by atoms with E-state index in [9.17, 15) is 35.6 Å². The van der Waals surface area contributed by atoms with Crippen molar-refractivity contribution < 1.29 is 45.0 Å². The van der Waals surface area contributed by atoms with E-state index >= 15 is 0 Å². The average Bonchev–Trinajstić information content (AvgIpc) is 2.81. The van der Waals surface area contributed by atoms with Crippen molar-refractivity contribution in [1.29, 1.82) is 0 Å². The molecule has 3 amide bonds. The molecule has 15 heteroatoms. The van der Waals surface area contributed by atoms with Crippen molar-refractivity contribution in [3.8, 4) is 5.75 Å². The Morgan fingerprint density at radius 1 is 1.13 bits per heavy atom. The van der Waals surface area contributed by atoms with Crippen molar-refractivity contribution in [3.63, 3.8) is 0 Å². The fourth-order valence-corrected chi connectivity index (χ4v) is 4.91. The molecule has 2 aromatic rings. The largest absolute Gasteiger partial charge is 0.484 e. The summed E-state index contributed by atoms with van der Waals surface area (Å²) in [6.45, 7) is 4.51. The normalized spacial score (nSPS) is 15.7. The zero-order chi connectivity index (χ0) is 29.2. The highest BCUT2D eigenvalue weighted by Gasteiger charge is 2.51. The van der Waals surface area contributed by atoms with E-state index in [-0.39, 0.29) is 41.2 Å². The van der Waals surface area contributed by atoms with Gasteiger partial charge in [-0.2, -0.15) is 13.2 Å². The Morgan fingerprint density at radius 2 is 1.77 bits per heavy atom. The number of nitrogens with zero attached hydrogens (tertiary/aromatic N) is 1. The molecule has 214 valence electrons. The lowest BCUT2D eigenvalue weighted by atomic mass is 10.1. The smallest absolute Gasteiger partial charge is 0.427 e. The third-order valence-corrected chi connectivity index (χ3v) is 7.27. The SMILES string of the molecule is CC(C)NC(=O)NC[C@H]1CN(S(=O)(=O)c2ccc(F)cc2)c2cc(NC(=O)OC(C)(C)C(F)(F)F)ccc2O1. The molecule has 0 fully saturated rings. The predicted molar refractivity (Wildman–Crippen MR) is 134 cm³/mol. The lowest BCUT2D eigenvalue weighted by Gasteiger charge is -2.36. The molecule has 1 atom stereocenters. The summed E-state index contributed by atoms with van der Waals surface area (Å²) in [6, 6.07) is 7.23. The van der Waals surface area contributed by atoms with Crippen LogP contribution < -0.4 is 25.0 Å². The molecule has 2 aromatic carbocycles. The Balaban J connectivity index is 1.91. The predicted octanol–water partition coefficient (Wildman–Crippen LogP) is 4.38. The van der Waals surface area contributed by atoms with Gasteiger partial charge in [-0.3, -0.25) is 9.62 Å². The van der Waals surface area contributed by atoms with Crippen molar-refractivity contribution in [2.24, 2.45) is 0 Å². The Morgan fingerprint density at radius 3 is 2.36 bits per heavy atom. The molecular weight excluding hydrogens is 548 g/mol. The number of hydrogen-bond donors (Lipinski definition) is 3. The molecule has 1 heterocycles. The molecule has 0 unspecified atom stereocenters. The van der Waals surface area contributed by atoms with Crippen LogP contribution in [0.5, 0.6) is 5.75 Å². The molecular formula is C24H28F4N4O6S. The van der Waals surface area contributed by atoms with E-state index in [4.69, 9.17) is 4.74 Å². The number of rotatable bonds is 7. The van der Waals surface area contributed by atoms with Crippen molar-refractivity contribution in [3.05, 3.63) is 48.3 Å². The van der Waals surface area contributed by atoms with Gasteiger partial charge in [-0.05, 0) is 70.2 Å². The number of carbonyl (C=O) groups excluding carboxylic acids is 2. The quantitative estimate of drug-likeness (QED) is 0.420. The van der Waals surface area contributed by atoms with Crippen LogP contribution in [0.2, 0.25) is 0 Å². The van der Waals surface area contributed by atoms with Crippen molar-refractivity contribution in [2.75, 3.05) is 22.7 Å². The molecule has 0 bridgehead atoms. The van der Waals surface area contributed by atoms with Gasteiger partial charge >= 0.3 is 18.3 Å². The summed E-state index contributed by atoms with van der Waals surface area (Å²) in [7, 11) is -4.31. The molecule has 3 N–H and O–H groups in total. The second-order valence-corrected chi connectivity index (χ2v) is 11.3. The first-order valence-electron chi connectivity index (χ1n) is 11.7. The van der Waals surface area contributed by atoms with Gasteiger partial charge in [-0.15, -0.1) is 0 Å². The van der Waals surface area contributed by atoms with Crippen LogP contribution in [-0.2, 0) is 14.8 Å². The highest BCUT2D eigenvalue weighted by Crippen LogP contribution is 2.39. The number of carbonyl (C=O) groups is 2. The molecule has 0 saturated carbocycles. The Labute approximate surface area is 222 Å². The Kier molecular flexibility index (Phi) is 8.53. The molecule has 1 aliphatic heterocycles. The number of alkyl halides is 3. The highest BCUT2D eigenvalue weighted by molar-refractivity contribution is 7.92. The van der Waals surface area contributed by atoms with E-state index in [0.29, 0.717) is 13.8 Å². The van der Waals surface area contributed by atoms with Gasteiger partial charge < -0.3 is 20.1 Å². The van der Waals surface area contributed by atoms with Gasteiger partial charge in [0.1, 0.15) is 17.7 Å². The topological polar surface area (TPSA) is 126 Å². The van der Waals surface area contributed by atoms with Crippen LogP contribution in [0.15, 0.2) is 47.4 Å². The zero-order valence-corrected chi connectivity index (χ0v) is 22.2. The molecule has 0 aromatic heterocycles. The molecule has 0 aliphatic carbocycles. The third kappa shape index (κ3) is 7.22. The van der Waals surface area contributed by atoms with Crippen LogP contribution >= 0.6 is 0 Å². The zero-order valence-electron chi connectivity index (χ0n) is 21.4. The fourth-order valence-electron chi connectivity index (χ4n) is 3.41. The van der Waals surface area contributed by atoms with Crippen LogP contribution in [0, 0.1) is 5.82 Å². The first-order chi connectivity index (χ1) is 18.0. The van der Waals surface area contributed by atoms with Gasteiger partial charge in [-0.1, -0.05) is 0 Å². The van der Waals surface area contributed by atoms with Gasteiger partial charge in [0.05, 0.1) is 23.7 Å². The van der Waals surface area contributed by atoms with E-state index in [1.165, 1.54) is 18.2 Å². The fraction of sp³-hybridized carbons (Fsp3) is 0.417.